The van der Waals surface area contributed by atoms with Gasteiger partial charge in [0.2, 0.25) is 0 Å². The number of furan rings is 1. The molecule has 25 heavy (non-hydrogen) atoms. The number of aryl methyl sites for hydroxylation is 1. The maximum atomic E-state index is 10.6. The number of aliphatic hydroxyl groups is 1. The van der Waals surface area contributed by atoms with Crippen molar-refractivity contribution in [2.45, 2.75) is 19.2 Å². The molecule has 0 bridgehead atoms. The van der Waals surface area contributed by atoms with Gasteiger partial charge in [-0.15, -0.1) is 0 Å². The Morgan fingerprint density at radius 3 is 3.04 bits per heavy atom. The summed E-state index contributed by atoms with van der Waals surface area (Å²) in [5.41, 5.74) is 2.54. The van der Waals surface area contributed by atoms with Crippen LogP contribution in [0.2, 0.25) is 0 Å². The van der Waals surface area contributed by atoms with E-state index in [0.29, 0.717) is 5.69 Å². The summed E-state index contributed by atoms with van der Waals surface area (Å²) in [5, 5.41) is 19.2. The Morgan fingerprint density at radius 1 is 1.36 bits per heavy atom. The lowest BCUT2D eigenvalue weighted by Gasteiger charge is -2.26. The summed E-state index contributed by atoms with van der Waals surface area (Å²) in [6, 6.07) is 7.62. The van der Waals surface area contributed by atoms with Crippen LogP contribution in [-0.4, -0.2) is 42.7 Å². The van der Waals surface area contributed by atoms with Gasteiger partial charge in [0.25, 0.3) is 0 Å². The summed E-state index contributed by atoms with van der Waals surface area (Å²) in [6.07, 6.45) is 6.70. The van der Waals surface area contributed by atoms with E-state index >= 15 is 0 Å². The molecule has 3 aromatic heterocycles. The summed E-state index contributed by atoms with van der Waals surface area (Å²) in [5.74, 6) is 0.864. The molecule has 4 heterocycles. The van der Waals surface area contributed by atoms with Crippen LogP contribution in [0.1, 0.15) is 28.9 Å². The van der Waals surface area contributed by atoms with E-state index in [0.717, 1.165) is 43.3 Å². The van der Waals surface area contributed by atoms with E-state index in [2.05, 4.69) is 21.2 Å². The minimum atomic E-state index is -0.752. The molecule has 0 fully saturated rings. The number of fused-ring (bicyclic) bond motifs is 1. The number of aromatic nitrogens is 4. The first-order valence-corrected chi connectivity index (χ1v) is 8.36. The molecule has 0 radical (unpaired) electrons. The Hall–Kier alpha value is -2.64. The largest absolute Gasteiger partial charge is 0.465 e. The van der Waals surface area contributed by atoms with Crippen LogP contribution < -0.4 is 0 Å². The second-order valence-electron chi connectivity index (χ2n) is 6.22. The molecule has 0 unspecified atom stereocenters. The van der Waals surface area contributed by atoms with Gasteiger partial charge in [0.15, 0.2) is 0 Å². The normalized spacial score (nSPS) is 16.4. The first-order valence-electron chi connectivity index (χ1n) is 8.36. The van der Waals surface area contributed by atoms with E-state index in [1.807, 2.05) is 42.1 Å². The summed E-state index contributed by atoms with van der Waals surface area (Å²) in [6.45, 7) is 3.42. The molecular weight excluding hydrogens is 318 g/mol. The molecule has 3 aromatic rings. The molecule has 1 atom stereocenters. The van der Waals surface area contributed by atoms with E-state index in [4.69, 9.17) is 4.42 Å². The molecule has 0 aliphatic carbocycles. The van der Waals surface area contributed by atoms with Crippen molar-refractivity contribution in [3.05, 3.63) is 65.6 Å². The fourth-order valence-corrected chi connectivity index (χ4v) is 3.14. The van der Waals surface area contributed by atoms with Crippen LogP contribution in [0.4, 0.5) is 0 Å². The molecule has 1 aliphatic heterocycles. The first kappa shape index (κ1) is 15.9. The van der Waals surface area contributed by atoms with Gasteiger partial charge in [-0.05, 0) is 30.3 Å². The highest BCUT2D eigenvalue weighted by Gasteiger charge is 2.22. The topological polar surface area (TPSA) is 72.2 Å². The second kappa shape index (κ2) is 6.70. The average molecular weight is 339 g/mol. The molecule has 0 spiro atoms. The van der Waals surface area contributed by atoms with Gasteiger partial charge in [0.1, 0.15) is 11.9 Å². The van der Waals surface area contributed by atoms with Crippen molar-refractivity contribution in [1.82, 2.24) is 24.5 Å². The molecule has 4 rings (SSSR count). The Balaban J connectivity index is 1.43. The summed E-state index contributed by atoms with van der Waals surface area (Å²) in [7, 11) is 1.82. The Morgan fingerprint density at radius 2 is 2.28 bits per heavy atom. The van der Waals surface area contributed by atoms with Crippen molar-refractivity contribution in [3.8, 4) is 0 Å². The number of rotatable bonds is 5. The van der Waals surface area contributed by atoms with Crippen molar-refractivity contribution in [2.24, 2.45) is 7.05 Å². The number of hydrogen-bond donors (Lipinski definition) is 1. The monoisotopic (exact) mass is 339 g/mol. The molecule has 1 N–H and O–H groups in total. The Labute approximate surface area is 145 Å². The lowest BCUT2D eigenvalue weighted by atomic mass is 10.1. The van der Waals surface area contributed by atoms with Crippen molar-refractivity contribution < 1.29 is 9.52 Å². The first-order chi connectivity index (χ1) is 12.2. The molecule has 0 amide bonds. The average Bonchev–Trinajstić information content (AvgIpc) is 3.34. The summed E-state index contributed by atoms with van der Waals surface area (Å²) < 4.78 is 8.96. The summed E-state index contributed by atoms with van der Waals surface area (Å²) >= 11 is 0. The van der Waals surface area contributed by atoms with E-state index in [9.17, 15) is 5.11 Å². The second-order valence-corrected chi connectivity index (χ2v) is 6.22. The number of nitrogens with zero attached hydrogens (tertiary/aromatic N) is 5. The minimum absolute atomic E-state index is 0.673. The van der Waals surface area contributed by atoms with Gasteiger partial charge in [0, 0.05) is 32.9 Å². The van der Waals surface area contributed by atoms with E-state index in [-0.39, 0.29) is 0 Å². The van der Waals surface area contributed by atoms with Crippen LogP contribution in [0, 0.1) is 0 Å². The maximum absolute atomic E-state index is 10.6. The lowest BCUT2D eigenvalue weighted by Crippen LogP contribution is -2.33. The fourth-order valence-electron chi connectivity index (χ4n) is 3.14. The van der Waals surface area contributed by atoms with Gasteiger partial charge in [-0.3, -0.25) is 14.3 Å². The third kappa shape index (κ3) is 3.29. The van der Waals surface area contributed by atoms with E-state index in [1.54, 1.807) is 17.1 Å². The zero-order valence-corrected chi connectivity index (χ0v) is 14.1. The van der Waals surface area contributed by atoms with Crippen molar-refractivity contribution in [3.63, 3.8) is 0 Å². The van der Waals surface area contributed by atoms with Gasteiger partial charge in [-0.25, -0.2) is 0 Å². The van der Waals surface area contributed by atoms with Crippen LogP contribution in [0.3, 0.4) is 0 Å². The zero-order valence-electron chi connectivity index (χ0n) is 14.1. The molecule has 0 saturated carbocycles. The standard InChI is InChI=1S/C18H21N5O2/c1-21-17(6-7-19-21)18(24)16-12-14-13-22(9-10-23(14)20-16)8-2-4-15-5-3-11-25-15/h2-7,11-12,18,24H,8-10,13H2,1H3/b4-2+/t18-/m0/s1. The van der Waals surface area contributed by atoms with Crippen molar-refractivity contribution >= 4 is 6.08 Å². The van der Waals surface area contributed by atoms with Crippen LogP contribution in [0.5, 0.6) is 0 Å². The highest BCUT2D eigenvalue weighted by Crippen LogP contribution is 2.23. The highest BCUT2D eigenvalue weighted by molar-refractivity contribution is 5.42. The lowest BCUT2D eigenvalue weighted by molar-refractivity contribution is 0.201. The van der Waals surface area contributed by atoms with Crippen LogP contribution in [-0.2, 0) is 20.1 Å². The molecular formula is C18H21N5O2. The quantitative estimate of drug-likeness (QED) is 0.768. The van der Waals surface area contributed by atoms with Gasteiger partial charge >= 0.3 is 0 Å². The van der Waals surface area contributed by atoms with Gasteiger partial charge < -0.3 is 9.52 Å². The predicted molar refractivity (Wildman–Crippen MR) is 92.5 cm³/mol. The molecule has 0 aromatic carbocycles. The van der Waals surface area contributed by atoms with Crippen LogP contribution in [0.25, 0.3) is 6.08 Å². The minimum Gasteiger partial charge on any atom is -0.465 e. The van der Waals surface area contributed by atoms with Crippen molar-refractivity contribution in [2.75, 3.05) is 13.1 Å². The van der Waals surface area contributed by atoms with Gasteiger partial charge in [-0.2, -0.15) is 10.2 Å². The van der Waals surface area contributed by atoms with E-state index in [1.165, 1.54) is 0 Å². The maximum Gasteiger partial charge on any atom is 0.139 e. The highest BCUT2D eigenvalue weighted by atomic mass is 16.3. The Bertz CT molecular complexity index is 862. The van der Waals surface area contributed by atoms with Crippen LogP contribution >= 0.6 is 0 Å². The van der Waals surface area contributed by atoms with Gasteiger partial charge in [-0.1, -0.05) is 6.08 Å². The SMILES string of the molecule is Cn1nccc1[C@@H](O)c1cc2n(n1)CCN(C/C=C/c1ccco1)C2. The van der Waals surface area contributed by atoms with Crippen LogP contribution in [0.15, 0.2) is 47.2 Å². The molecule has 1 aliphatic rings. The number of hydrogen-bond acceptors (Lipinski definition) is 5. The zero-order chi connectivity index (χ0) is 17.2. The fraction of sp³-hybridized carbons (Fsp3) is 0.333. The molecule has 7 nitrogen and oxygen atoms in total. The van der Waals surface area contributed by atoms with E-state index < -0.39 is 6.10 Å². The smallest absolute Gasteiger partial charge is 0.139 e. The predicted octanol–water partition coefficient (Wildman–Crippen LogP) is 1.82. The Kier molecular flexibility index (Phi) is 4.25. The number of aliphatic hydroxyl groups excluding tert-OH is 1. The summed E-state index contributed by atoms with van der Waals surface area (Å²) in [4.78, 5) is 2.34. The van der Waals surface area contributed by atoms with Crippen molar-refractivity contribution in [1.29, 1.82) is 0 Å². The molecule has 7 heteroatoms. The molecule has 0 saturated heterocycles. The molecule has 130 valence electrons. The third-order valence-electron chi connectivity index (χ3n) is 4.50. The third-order valence-corrected chi connectivity index (χ3v) is 4.50. The van der Waals surface area contributed by atoms with Gasteiger partial charge in [0.05, 0.1) is 29.9 Å².